The molecule has 0 saturated heterocycles. The van der Waals surface area contributed by atoms with Crippen molar-refractivity contribution in [2.45, 2.75) is 52.3 Å². The zero-order chi connectivity index (χ0) is 27.7. The maximum absolute atomic E-state index is 13.8. The van der Waals surface area contributed by atoms with Crippen molar-refractivity contribution < 1.29 is 23.8 Å². The molecule has 0 aliphatic rings. The Bertz CT molecular complexity index is 1200. The normalized spacial score (nSPS) is 12.7. The van der Waals surface area contributed by atoms with Crippen LogP contribution >= 0.6 is 0 Å². The highest BCUT2D eigenvalue weighted by Gasteiger charge is 2.25. The zero-order valence-electron chi connectivity index (χ0n) is 21.9. The number of nitrogens with one attached hydrogen (secondary N) is 2. The van der Waals surface area contributed by atoms with Gasteiger partial charge in [-0.3, -0.25) is 4.79 Å². The summed E-state index contributed by atoms with van der Waals surface area (Å²) in [5.41, 5.74) is 2.32. The summed E-state index contributed by atoms with van der Waals surface area (Å²) in [5.74, 6) is -2.45. The van der Waals surface area contributed by atoms with Crippen molar-refractivity contribution in [1.82, 2.24) is 20.6 Å². The average Bonchev–Trinajstić information content (AvgIpc) is 2.88. The number of benzene rings is 2. The van der Waals surface area contributed by atoms with Gasteiger partial charge in [-0.05, 0) is 55.5 Å². The molecule has 1 amide bonds. The lowest BCUT2D eigenvalue weighted by Gasteiger charge is -2.25. The molecule has 10 heteroatoms. The van der Waals surface area contributed by atoms with Crippen LogP contribution in [0.2, 0.25) is 0 Å². The van der Waals surface area contributed by atoms with Gasteiger partial charge in [0.1, 0.15) is 17.2 Å². The molecule has 0 fully saturated rings. The molecule has 0 saturated carbocycles. The molecule has 1 aromatic heterocycles. The maximum atomic E-state index is 13.8. The SMILES string of the molecule is CCc1cccc(CNC[C@@H](O)[C@H](Cc2cc(F)cc(F)c2)NC(=O)c2cnc(N(CC)CC)nc2O)c1. The lowest BCUT2D eigenvalue weighted by Crippen LogP contribution is -2.48. The molecule has 2 atom stereocenters. The second-order valence-corrected chi connectivity index (χ2v) is 9.01. The number of rotatable bonds is 13. The number of anilines is 1. The van der Waals surface area contributed by atoms with E-state index in [4.69, 9.17) is 0 Å². The predicted octanol–water partition coefficient (Wildman–Crippen LogP) is 3.36. The lowest BCUT2D eigenvalue weighted by molar-refractivity contribution is 0.0826. The fraction of sp³-hybridized carbons (Fsp3) is 0.393. The molecule has 0 unspecified atom stereocenters. The van der Waals surface area contributed by atoms with E-state index in [1.54, 1.807) is 0 Å². The number of aromatic nitrogens is 2. The Labute approximate surface area is 221 Å². The van der Waals surface area contributed by atoms with Gasteiger partial charge >= 0.3 is 0 Å². The molecule has 0 bridgehead atoms. The van der Waals surface area contributed by atoms with Crippen molar-refractivity contribution in [3.05, 3.63) is 82.5 Å². The first-order valence-corrected chi connectivity index (χ1v) is 12.8. The van der Waals surface area contributed by atoms with Gasteiger partial charge < -0.3 is 25.7 Å². The van der Waals surface area contributed by atoms with E-state index in [1.165, 1.54) is 11.8 Å². The van der Waals surface area contributed by atoms with Crippen LogP contribution < -0.4 is 15.5 Å². The number of aryl methyl sites for hydroxylation is 1. The molecule has 0 radical (unpaired) electrons. The molecule has 2 aromatic carbocycles. The summed E-state index contributed by atoms with van der Waals surface area (Å²) in [5, 5.41) is 27.2. The summed E-state index contributed by atoms with van der Waals surface area (Å²) in [6.07, 6.45) is 0.961. The van der Waals surface area contributed by atoms with Gasteiger partial charge in [0.05, 0.1) is 12.1 Å². The molecule has 1 heterocycles. The number of hydrogen-bond donors (Lipinski definition) is 4. The zero-order valence-corrected chi connectivity index (χ0v) is 21.9. The highest BCUT2D eigenvalue weighted by Crippen LogP contribution is 2.18. The number of aliphatic hydroxyl groups is 1. The van der Waals surface area contributed by atoms with Crippen LogP contribution in [0.4, 0.5) is 14.7 Å². The van der Waals surface area contributed by atoms with E-state index >= 15 is 0 Å². The highest BCUT2D eigenvalue weighted by molar-refractivity contribution is 5.96. The van der Waals surface area contributed by atoms with Gasteiger partial charge in [-0.1, -0.05) is 31.2 Å². The molecule has 3 rings (SSSR count). The fourth-order valence-electron chi connectivity index (χ4n) is 4.16. The van der Waals surface area contributed by atoms with Crippen molar-refractivity contribution in [3.63, 3.8) is 0 Å². The Balaban J connectivity index is 1.76. The molecule has 8 nitrogen and oxygen atoms in total. The number of aromatic hydroxyl groups is 1. The minimum Gasteiger partial charge on any atom is -0.493 e. The van der Waals surface area contributed by atoms with E-state index in [2.05, 4.69) is 33.6 Å². The van der Waals surface area contributed by atoms with Crippen LogP contribution in [0.15, 0.2) is 48.7 Å². The van der Waals surface area contributed by atoms with Crippen LogP contribution in [-0.4, -0.2) is 57.9 Å². The van der Waals surface area contributed by atoms with Gasteiger partial charge in [0.25, 0.3) is 5.91 Å². The third-order valence-corrected chi connectivity index (χ3v) is 6.29. The van der Waals surface area contributed by atoms with Gasteiger partial charge in [-0.2, -0.15) is 4.98 Å². The summed E-state index contributed by atoms with van der Waals surface area (Å²) in [6.45, 7) is 7.73. The second-order valence-electron chi connectivity index (χ2n) is 9.01. The first-order valence-electron chi connectivity index (χ1n) is 12.8. The van der Waals surface area contributed by atoms with E-state index in [-0.39, 0.29) is 30.0 Å². The highest BCUT2D eigenvalue weighted by atomic mass is 19.1. The quantitative estimate of drug-likeness (QED) is 0.270. The molecular weight excluding hydrogens is 492 g/mol. The van der Waals surface area contributed by atoms with E-state index in [9.17, 15) is 23.8 Å². The van der Waals surface area contributed by atoms with Crippen LogP contribution in [-0.2, 0) is 19.4 Å². The monoisotopic (exact) mass is 527 g/mol. The first kappa shape index (κ1) is 28.9. The fourth-order valence-corrected chi connectivity index (χ4v) is 4.16. The predicted molar refractivity (Wildman–Crippen MR) is 142 cm³/mol. The van der Waals surface area contributed by atoms with Crippen LogP contribution in [0, 0.1) is 11.6 Å². The van der Waals surface area contributed by atoms with E-state index in [1.807, 2.05) is 36.9 Å². The Morgan fingerprint density at radius 3 is 2.34 bits per heavy atom. The minimum atomic E-state index is -1.11. The molecule has 0 spiro atoms. The molecular formula is C28H35F2N5O3. The number of carbonyl (C=O) groups is 1. The average molecular weight is 528 g/mol. The third kappa shape index (κ3) is 7.93. The summed E-state index contributed by atoms with van der Waals surface area (Å²) in [6, 6.07) is 10.2. The van der Waals surface area contributed by atoms with Crippen LogP contribution in [0.3, 0.4) is 0 Å². The number of carbonyl (C=O) groups excluding carboxylic acids is 1. The smallest absolute Gasteiger partial charge is 0.258 e. The van der Waals surface area contributed by atoms with Gasteiger partial charge in [-0.15, -0.1) is 0 Å². The van der Waals surface area contributed by atoms with E-state index < -0.39 is 35.6 Å². The topological polar surface area (TPSA) is 111 Å². The molecule has 3 aromatic rings. The van der Waals surface area contributed by atoms with E-state index in [0.717, 1.165) is 30.2 Å². The number of hydrogen-bond acceptors (Lipinski definition) is 7. The Morgan fingerprint density at radius 2 is 1.71 bits per heavy atom. The third-order valence-electron chi connectivity index (χ3n) is 6.29. The molecule has 0 aliphatic carbocycles. The van der Waals surface area contributed by atoms with Crippen molar-refractivity contribution in [1.29, 1.82) is 0 Å². The molecule has 204 valence electrons. The summed E-state index contributed by atoms with van der Waals surface area (Å²) >= 11 is 0. The second kappa shape index (κ2) is 13.8. The van der Waals surface area contributed by atoms with Gasteiger partial charge in [0.15, 0.2) is 0 Å². The summed E-state index contributed by atoms with van der Waals surface area (Å²) in [4.78, 5) is 23.1. The number of halogens is 2. The first-order chi connectivity index (χ1) is 18.2. The maximum Gasteiger partial charge on any atom is 0.258 e. The largest absolute Gasteiger partial charge is 0.493 e. The lowest BCUT2D eigenvalue weighted by atomic mass is 10.00. The summed E-state index contributed by atoms with van der Waals surface area (Å²) in [7, 11) is 0. The van der Waals surface area contributed by atoms with Crippen molar-refractivity contribution in [3.8, 4) is 5.88 Å². The van der Waals surface area contributed by atoms with Crippen molar-refractivity contribution in [2.24, 2.45) is 0 Å². The van der Waals surface area contributed by atoms with Gasteiger partial charge in [-0.25, -0.2) is 13.8 Å². The Hall–Kier alpha value is -3.63. The number of amides is 1. The van der Waals surface area contributed by atoms with Gasteiger partial charge in [0, 0.05) is 38.4 Å². The minimum absolute atomic E-state index is 0.0479. The van der Waals surface area contributed by atoms with Crippen molar-refractivity contribution >= 4 is 11.9 Å². The van der Waals surface area contributed by atoms with Crippen molar-refractivity contribution in [2.75, 3.05) is 24.5 Å². The molecule has 4 N–H and O–H groups in total. The number of nitrogens with zero attached hydrogens (tertiary/aromatic N) is 3. The van der Waals surface area contributed by atoms with E-state index in [0.29, 0.717) is 19.6 Å². The Kier molecular flexibility index (Phi) is 10.5. The van der Waals surface area contributed by atoms with Crippen LogP contribution in [0.25, 0.3) is 0 Å². The molecule has 0 aliphatic heterocycles. The molecule has 38 heavy (non-hydrogen) atoms. The standard InChI is InChI=1S/C28H35F2N5O3/c1-4-18-8-7-9-19(10-18)15-31-17-25(36)24(13-20-11-21(29)14-22(30)12-20)33-26(37)23-16-32-28(34-27(23)38)35(5-2)6-3/h7-12,14,16,24-25,31,36H,4-6,13,15,17H2,1-3H3,(H,33,37)(H,32,34,38)/t24-,25+/m0/s1. The van der Waals surface area contributed by atoms with Crippen LogP contribution in [0.5, 0.6) is 5.88 Å². The van der Waals surface area contributed by atoms with Crippen LogP contribution in [0.1, 0.15) is 47.8 Å². The Morgan fingerprint density at radius 1 is 1.03 bits per heavy atom. The summed E-state index contributed by atoms with van der Waals surface area (Å²) < 4.78 is 27.6. The van der Waals surface area contributed by atoms with Gasteiger partial charge in [0.2, 0.25) is 11.8 Å². The number of aliphatic hydroxyl groups excluding tert-OH is 1.